The fraction of sp³-hybridized carbons (Fsp3) is 0.852. The summed E-state index contributed by atoms with van der Waals surface area (Å²) >= 11 is 0. The van der Waals surface area contributed by atoms with E-state index in [4.69, 9.17) is 0 Å². The molecule has 0 bridgehead atoms. The average Bonchev–Trinajstić information content (AvgIpc) is 2.94. The number of rotatable bonds is 5. The molecule has 5 N–H and O–H groups in total. The largest absolute Gasteiger partial charge is 0.396 e. The van der Waals surface area contributed by atoms with Gasteiger partial charge in [-0.05, 0) is 79.4 Å². The highest BCUT2D eigenvalue weighted by molar-refractivity contribution is 5.37. The fourth-order valence-electron chi connectivity index (χ4n) is 8.25. The second-order valence-corrected chi connectivity index (χ2v) is 12.0. The van der Waals surface area contributed by atoms with Crippen molar-refractivity contribution in [2.24, 2.45) is 40.4 Å². The van der Waals surface area contributed by atoms with E-state index >= 15 is 0 Å². The maximum absolute atomic E-state index is 11.3. The van der Waals surface area contributed by atoms with Crippen molar-refractivity contribution in [2.45, 2.75) is 97.1 Å². The Morgan fingerprint density at radius 3 is 2.47 bits per heavy atom. The molecule has 4 aliphatic carbocycles. The summed E-state index contributed by atoms with van der Waals surface area (Å²) in [5, 5.41) is 53.2. The molecule has 0 aliphatic heterocycles. The molecular weight excluding hydrogens is 404 g/mol. The van der Waals surface area contributed by atoms with Gasteiger partial charge in [-0.25, -0.2) is 0 Å². The van der Waals surface area contributed by atoms with Gasteiger partial charge in [0.1, 0.15) is 0 Å². The predicted octanol–water partition coefficient (Wildman–Crippen LogP) is 3.19. The first-order valence-electron chi connectivity index (χ1n) is 12.8. The molecule has 182 valence electrons. The van der Waals surface area contributed by atoms with Crippen molar-refractivity contribution in [1.29, 1.82) is 0 Å². The van der Waals surface area contributed by atoms with Gasteiger partial charge in [-0.1, -0.05) is 51.0 Å². The summed E-state index contributed by atoms with van der Waals surface area (Å²) in [6.45, 7) is 8.81. The van der Waals surface area contributed by atoms with Gasteiger partial charge in [0.25, 0.3) is 0 Å². The molecule has 32 heavy (non-hydrogen) atoms. The number of aliphatic hydroxyl groups excluding tert-OH is 5. The maximum Gasteiger partial charge on any atom is 0.0872 e. The van der Waals surface area contributed by atoms with Gasteiger partial charge in [0, 0.05) is 12.5 Å². The summed E-state index contributed by atoms with van der Waals surface area (Å²) in [7, 11) is 0. The van der Waals surface area contributed by atoms with E-state index in [9.17, 15) is 25.5 Å². The summed E-state index contributed by atoms with van der Waals surface area (Å²) in [6, 6.07) is 0. The molecule has 0 spiro atoms. The molecule has 0 aromatic rings. The van der Waals surface area contributed by atoms with E-state index in [1.54, 1.807) is 0 Å². The molecule has 0 aromatic heterocycles. The topological polar surface area (TPSA) is 101 Å². The minimum absolute atomic E-state index is 0.0481. The number of hydrogen-bond donors (Lipinski definition) is 5. The number of allylic oxidation sites excluding steroid dienone is 3. The van der Waals surface area contributed by atoms with Crippen LogP contribution in [0.5, 0.6) is 0 Å². The minimum Gasteiger partial charge on any atom is -0.396 e. The third-order valence-electron chi connectivity index (χ3n) is 9.99. The van der Waals surface area contributed by atoms with Crippen molar-refractivity contribution >= 4 is 0 Å². The summed E-state index contributed by atoms with van der Waals surface area (Å²) in [6.07, 6.45) is 7.36. The molecule has 0 radical (unpaired) electrons. The second-order valence-electron chi connectivity index (χ2n) is 12.0. The summed E-state index contributed by atoms with van der Waals surface area (Å²) in [5.74, 6) is 0.230. The summed E-state index contributed by atoms with van der Waals surface area (Å²) < 4.78 is 0. The van der Waals surface area contributed by atoms with Crippen molar-refractivity contribution in [3.05, 3.63) is 23.3 Å². The Morgan fingerprint density at radius 2 is 1.78 bits per heavy atom. The Kier molecular flexibility index (Phi) is 6.72. The van der Waals surface area contributed by atoms with Crippen LogP contribution in [0.4, 0.5) is 0 Å². The van der Waals surface area contributed by atoms with Gasteiger partial charge in [0.05, 0.1) is 24.4 Å². The first kappa shape index (κ1) is 24.4. The van der Waals surface area contributed by atoms with Crippen LogP contribution in [0.2, 0.25) is 0 Å². The first-order valence-corrected chi connectivity index (χ1v) is 12.8. The lowest BCUT2D eigenvalue weighted by molar-refractivity contribution is -0.0547. The zero-order valence-electron chi connectivity index (χ0n) is 20.2. The van der Waals surface area contributed by atoms with Crippen molar-refractivity contribution in [1.82, 2.24) is 0 Å². The van der Waals surface area contributed by atoms with Gasteiger partial charge in [0.2, 0.25) is 0 Å². The van der Waals surface area contributed by atoms with Gasteiger partial charge >= 0.3 is 0 Å². The normalized spacial score (nSPS) is 48.3. The standard InChI is InChI=1S/C27H44O5/c1-15(14-28)6-5-7-16(2)22-24(31)25(32)23-18-13-21(30)20-12-17(29)8-10-26(20,3)19(18)9-11-27(22,23)4/h5,7,15-17,20-25,28-32H,6,8-14H2,1-4H3/b7-5+/t15-,16+,17-,20+,21-,22-,23+,24+,25-,26+,27+/m0/s1. The number of fused-ring (bicyclic) bond motifs is 4. The Bertz CT molecular complexity index is 761. The van der Waals surface area contributed by atoms with Crippen molar-refractivity contribution in [3.8, 4) is 0 Å². The van der Waals surface area contributed by atoms with E-state index in [-0.39, 0.29) is 53.1 Å². The van der Waals surface area contributed by atoms with E-state index < -0.39 is 18.3 Å². The molecule has 5 heteroatoms. The molecule has 2 saturated carbocycles. The molecule has 0 unspecified atom stereocenters. The summed E-state index contributed by atoms with van der Waals surface area (Å²) in [4.78, 5) is 0. The van der Waals surface area contributed by atoms with Gasteiger partial charge < -0.3 is 25.5 Å². The Morgan fingerprint density at radius 1 is 1.06 bits per heavy atom. The van der Waals surface area contributed by atoms with Crippen LogP contribution in [0.15, 0.2) is 23.3 Å². The van der Waals surface area contributed by atoms with Crippen molar-refractivity contribution in [2.75, 3.05) is 6.61 Å². The SMILES string of the molecule is C[C@H](CO)C/C=C/[C@@H](C)[C@H]1[C@@H](O)[C@@H](O)[C@H]2C3=C(CC[C@]12C)[C@@]1(C)CC[C@H](O)C[C@@H]1[C@@H](O)C3. The van der Waals surface area contributed by atoms with Crippen LogP contribution in [0.25, 0.3) is 0 Å². The molecule has 4 aliphatic rings. The van der Waals surface area contributed by atoms with E-state index in [2.05, 4.69) is 32.9 Å². The monoisotopic (exact) mass is 448 g/mol. The molecular formula is C27H44O5. The number of hydrogen-bond acceptors (Lipinski definition) is 5. The molecule has 11 atom stereocenters. The van der Waals surface area contributed by atoms with E-state index in [0.717, 1.165) is 32.1 Å². The van der Waals surface area contributed by atoms with Crippen molar-refractivity contribution < 1.29 is 25.5 Å². The van der Waals surface area contributed by atoms with Crippen LogP contribution in [0.1, 0.15) is 72.6 Å². The maximum atomic E-state index is 11.3. The lowest BCUT2D eigenvalue weighted by Crippen LogP contribution is -2.51. The lowest BCUT2D eigenvalue weighted by atomic mass is 9.49. The average molecular weight is 449 g/mol. The Hall–Kier alpha value is -0.720. The lowest BCUT2D eigenvalue weighted by Gasteiger charge is -2.56. The van der Waals surface area contributed by atoms with E-state index in [1.807, 2.05) is 6.92 Å². The van der Waals surface area contributed by atoms with E-state index in [0.29, 0.717) is 12.8 Å². The molecule has 0 amide bonds. The summed E-state index contributed by atoms with van der Waals surface area (Å²) in [5.41, 5.74) is 2.25. The van der Waals surface area contributed by atoms with Gasteiger partial charge in [-0.3, -0.25) is 0 Å². The third kappa shape index (κ3) is 3.73. The highest BCUT2D eigenvalue weighted by atomic mass is 16.3. The zero-order chi connectivity index (χ0) is 23.4. The molecule has 0 heterocycles. The van der Waals surface area contributed by atoms with Crippen LogP contribution in [-0.2, 0) is 0 Å². The highest BCUT2D eigenvalue weighted by Gasteiger charge is 2.63. The zero-order valence-corrected chi connectivity index (χ0v) is 20.2. The van der Waals surface area contributed by atoms with Crippen LogP contribution in [-0.4, -0.2) is 56.6 Å². The third-order valence-corrected chi connectivity index (χ3v) is 9.99. The molecule has 0 saturated heterocycles. The molecule has 0 aromatic carbocycles. The number of aliphatic hydroxyl groups is 5. The highest BCUT2D eigenvalue weighted by Crippen LogP contribution is 2.65. The quantitative estimate of drug-likeness (QED) is 0.416. The molecule has 2 fully saturated rings. The van der Waals surface area contributed by atoms with Crippen LogP contribution < -0.4 is 0 Å². The Labute approximate surface area is 193 Å². The Balaban J connectivity index is 1.66. The predicted molar refractivity (Wildman–Crippen MR) is 125 cm³/mol. The van der Waals surface area contributed by atoms with Gasteiger partial charge in [-0.15, -0.1) is 0 Å². The fourth-order valence-corrected chi connectivity index (χ4v) is 8.25. The first-order chi connectivity index (χ1) is 15.0. The molecule has 4 rings (SSSR count). The second kappa shape index (κ2) is 8.81. The van der Waals surface area contributed by atoms with Crippen LogP contribution in [0, 0.1) is 40.4 Å². The molecule has 5 nitrogen and oxygen atoms in total. The smallest absolute Gasteiger partial charge is 0.0872 e. The van der Waals surface area contributed by atoms with Crippen LogP contribution in [0.3, 0.4) is 0 Å². The van der Waals surface area contributed by atoms with Gasteiger partial charge in [0.15, 0.2) is 0 Å². The minimum atomic E-state index is -0.816. The van der Waals surface area contributed by atoms with E-state index in [1.165, 1.54) is 11.1 Å². The van der Waals surface area contributed by atoms with Gasteiger partial charge in [-0.2, -0.15) is 0 Å². The van der Waals surface area contributed by atoms with Crippen LogP contribution >= 0.6 is 0 Å². The van der Waals surface area contributed by atoms with Crippen molar-refractivity contribution in [3.63, 3.8) is 0 Å².